The van der Waals surface area contributed by atoms with E-state index in [4.69, 9.17) is 25.8 Å². The highest BCUT2D eigenvalue weighted by Crippen LogP contribution is 2.42. The Hall–Kier alpha value is -3.25. The van der Waals surface area contributed by atoms with Crippen molar-refractivity contribution in [1.82, 2.24) is 19.6 Å². The molecule has 6 rings (SSSR count). The topological polar surface area (TPSA) is 117 Å². The molecule has 12 heteroatoms. The molecular weight excluding hydrogens is 566 g/mol. The first-order valence-corrected chi connectivity index (χ1v) is 15.3. The van der Waals surface area contributed by atoms with Gasteiger partial charge in [-0.3, -0.25) is 13.9 Å². The van der Waals surface area contributed by atoms with Crippen LogP contribution >= 0.6 is 11.6 Å². The highest BCUT2D eigenvalue weighted by atomic mass is 35.5. The van der Waals surface area contributed by atoms with E-state index in [0.717, 1.165) is 52.3 Å². The molecule has 2 atom stereocenters. The Labute approximate surface area is 245 Å². The monoisotopic (exact) mass is 596 g/mol. The summed E-state index contributed by atoms with van der Waals surface area (Å²) in [6, 6.07) is 11.4. The summed E-state index contributed by atoms with van der Waals surface area (Å²) < 4.78 is 35.6. The predicted octanol–water partition coefficient (Wildman–Crippen LogP) is 5.31. The third-order valence-corrected chi connectivity index (χ3v) is 9.04. The van der Waals surface area contributed by atoms with Gasteiger partial charge in [0.25, 0.3) is 0 Å². The minimum absolute atomic E-state index is 0.0130. The maximum atomic E-state index is 13.3. The van der Waals surface area contributed by atoms with Crippen LogP contribution in [0.4, 0.5) is 5.69 Å². The average Bonchev–Trinajstić information content (AvgIpc) is 3.62. The average molecular weight is 597 g/mol. The number of carbonyl (C=O) groups excluding carboxylic acids is 1. The third kappa shape index (κ3) is 5.16. The number of aryl methyl sites for hydroxylation is 2. The Kier molecular flexibility index (Phi) is 7.62. The van der Waals surface area contributed by atoms with E-state index in [9.17, 15) is 13.6 Å². The lowest BCUT2D eigenvalue weighted by atomic mass is 10.0. The SMILES string of the molecule is COc1ccc(N2C(=O)CC[C@H]2c2nc3cc(-c4c(C)noc4C)ccc3n2C2CCN(CS(=O)[O-])CC2)cc1Cl. The van der Waals surface area contributed by atoms with Gasteiger partial charge in [0.15, 0.2) is 0 Å². The fraction of sp³-hybridized carbons (Fsp3) is 0.414. The number of nitrogens with zero attached hydrogens (tertiary/aromatic N) is 5. The number of imidazole rings is 1. The molecule has 2 aromatic carbocycles. The molecule has 2 aliphatic heterocycles. The number of ether oxygens (including phenoxy) is 1. The minimum atomic E-state index is -2.12. The van der Waals surface area contributed by atoms with Gasteiger partial charge in [0.05, 0.1) is 40.8 Å². The molecule has 0 spiro atoms. The molecular formula is C29H31ClN5O5S-. The van der Waals surface area contributed by atoms with E-state index in [-0.39, 0.29) is 23.9 Å². The molecule has 0 N–H and O–H groups in total. The van der Waals surface area contributed by atoms with E-state index in [1.165, 1.54) is 0 Å². The number of piperidine rings is 1. The number of likely N-dealkylation sites (tertiary alicyclic amines) is 1. The number of rotatable bonds is 7. The molecule has 4 aromatic rings. The highest BCUT2D eigenvalue weighted by molar-refractivity contribution is 7.79. The number of benzene rings is 2. The quantitative estimate of drug-likeness (QED) is 0.263. The van der Waals surface area contributed by atoms with Gasteiger partial charge in [-0.15, -0.1) is 0 Å². The van der Waals surface area contributed by atoms with Crippen LogP contribution in [-0.2, 0) is 15.9 Å². The fourth-order valence-corrected chi connectivity index (χ4v) is 7.11. The number of anilines is 1. The minimum Gasteiger partial charge on any atom is -0.771 e. The highest BCUT2D eigenvalue weighted by Gasteiger charge is 2.38. The smallest absolute Gasteiger partial charge is 0.227 e. The summed E-state index contributed by atoms with van der Waals surface area (Å²) in [5.41, 5.74) is 5.24. The first kappa shape index (κ1) is 27.9. The number of hydrogen-bond donors (Lipinski definition) is 0. The molecule has 2 aliphatic rings. The molecule has 1 unspecified atom stereocenters. The van der Waals surface area contributed by atoms with E-state index in [2.05, 4.69) is 27.9 Å². The second-order valence-electron chi connectivity index (χ2n) is 10.7. The molecule has 1 amide bonds. The van der Waals surface area contributed by atoms with Gasteiger partial charge in [0.1, 0.15) is 17.3 Å². The zero-order valence-corrected chi connectivity index (χ0v) is 24.7. The second-order valence-corrected chi connectivity index (χ2v) is 11.9. The van der Waals surface area contributed by atoms with Gasteiger partial charge >= 0.3 is 0 Å². The van der Waals surface area contributed by atoms with Gasteiger partial charge in [-0.25, -0.2) is 4.98 Å². The summed E-state index contributed by atoms with van der Waals surface area (Å²) in [5.74, 6) is 2.16. The Bertz CT molecular complexity index is 1620. The van der Waals surface area contributed by atoms with Crippen molar-refractivity contribution in [2.45, 2.75) is 51.6 Å². The third-order valence-electron chi connectivity index (χ3n) is 8.17. The van der Waals surface area contributed by atoms with Crippen LogP contribution in [0.5, 0.6) is 5.75 Å². The molecule has 0 radical (unpaired) electrons. The lowest BCUT2D eigenvalue weighted by molar-refractivity contribution is -0.117. The van der Waals surface area contributed by atoms with Crippen molar-refractivity contribution >= 4 is 45.3 Å². The molecule has 0 aliphatic carbocycles. The maximum Gasteiger partial charge on any atom is 0.227 e. The van der Waals surface area contributed by atoms with Crippen molar-refractivity contribution in [2.24, 2.45) is 0 Å². The number of halogens is 1. The molecule has 2 fully saturated rings. The van der Waals surface area contributed by atoms with Gasteiger partial charge in [0, 0.05) is 36.8 Å². The summed E-state index contributed by atoms with van der Waals surface area (Å²) in [5, 5.41) is 4.55. The molecule has 41 heavy (non-hydrogen) atoms. The van der Waals surface area contributed by atoms with Crippen LogP contribution in [0.1, 0.15) is 55.0 Å². The Morgan fingerprint density at radius 2 is 1.93 bits per heavy atom. The Balaban J connectivity index is 1.45. The van der Waals surface area contributed by atoms with E-state index in [1.54, 1.807) is 24.1 Å². The first-order chi connectivity index (χ1) is 19.7. The van der Waals surface area contributed by atoms with Crippen molar-refractivity contribution in [3.63, 3.8) is 0 Å². The zero-order chi connectivity index (χ0) is 28.8. The number of amides is 1. The Morgan fingerprint density at radius 1 is 1.15 bits per heavy atom. The molecule has 2 aromatic heterocycles. The summed E-state index contributed by atoms with van der Waals surface area (Å²) in [4.78, 5) is 22.2. The molecule has 10 nitrogen and oxygen atoms in total. The van der Waals surface area contributed by atoms with Crippen LogP contribution in [0.15, 0.2) is 40.9 Å². The summed E-state index contributed by atoms with van der Waals surface area (Å²) in [6.07, 6.45) is 2.57. The summed E-state index contributed by atoms with van der Waals surface area (Å²) in [7, 11) is 1.56. The fourth-order valence-electron chi connectivity index (χ4n) is 6.30. The number of methoxy groups -OCH3 is 1. The van der Waals surface area contributed by atoms with Crippen LogP contribution in [0, 0.1) is 13.8 Å². The van der Waals surface area contributed by atoms with Gasteiger partial charge in [-0.2, -0.15) is 0 Å². The molecule has 0 bridgehead atoms. The molecule has 2 saturated heterocycles. The van der Waals surface area contributed by atoms with E-state index < -0.39 is 11.1 Å². The lowest BCUT2D eigenvalue weighted by Crippen LogP contribution is -2.37. The van der Waals surface area contributed by atoms with E-state index in [1.807, 2.05) is 24.8 Å². The predicted molar refractivity (Wildman–Crippen MR) is 156 cm³/mol. The summed E-state index contributed by atoms with van der Waals surface area (Å²) >= 11 is 4.35. The first-order valence-electron chi connectivity index (χ1n) is 13.6. The number of aromatic nitrogens is 3. The van der Waals surface area contributed by atoms with Gasteiger partial charge < -0.3 is 23.3 Å². The second kappa shape index (κ2) is 11.2. The molecule has 216 valence electrons. The van der Waals surface area contributed by atoms with Crippen molar-refractivity contribution in [2.75, 3.05) is 31.0 Å². The molecule has 0 saturated carbocycles. The van der Waals surface area contributed by atoms with Crippen LogP contribution in [0.25, 0.3) is 22.2 Å². The van der Waals surface area contributed by atoms with Crippen molar-refractivity contribution < 1.29 is 22.8 Å². The number of hydrogen-bond acceptors (Lipinski definition) is 8. The van der Waals surface area contributed by atoms with Crippen molar-refractivity contribution in [1.29, 1.82) is 0 Å². The largest absolute Gasteiger partial charge is 0.771 e. The Morgan fingerprint density at radius 3 is 2.59 bits per heavy atom. The number of carbonyl (C=O) groups is 1. The van der Waals surface area contributed by atoms with Gasteiger partial charge in [0.2, 0.25) is 5.91 Å². The standard InChI is InChI=1S/C29H32ClN5O5S/c1-17-28(18(2)40-32-17)19-4-6-24-23(14-19)31-29(35(24)20-10-12-33(13-11-20)16-41(37)38)25-7-9-27(36)34(25)21-5-8-26(39-3)22(30)15-21/h4-6,8,14-15,20,25H,7,9-13,16H2,1-3H3,(H,37,38)/p-1/t25-/m0/s1. The van der Waals surface area contributed by atoms with Crippen LogP contribution in [0.3, 0.4) is 0 Å². The number of fused-ring (bicyclic) bond motifs is 1. The van der Waals surface area contributed by atoms with Crippen LogP contribution in [0.2, 0.25) is 5.02 Å². The van der Waals surface area contributed by atoms with E-state index >= 15 is 0 Å². The van der Waals surface area contributed by atoms with Gasteiger partial charge in [-0.05, 0) is 80.1 Å². The lowest BCUT2D eigenvalue weighted by Gasteiger charge is -2.35. The summed E-state index contributed by atoms with van der Waals surface area (Å²) in [6.45, 7) is 5.14. The normalized spacial score (nSPS) is 19.4. The van der Waals surface area contributed by atoms with Crippen LogP contribution in [-0.4, -0.2) is 60.4 Å². The van der Waals surface area contributed by atoms with Gasteiger partial charge in [-0.1, -0.05) is 22.8 Å². The van der Waals surface area contributed by atoms with Crippen LogP contribution < -0.4 is 9.64 Å². The van der Waals surface area contributed by atoms with Crippen molar-refractivity contribution in [3.8, 4) is 16.9 Å². The molecule has 4 heterocycles. The maximum absolute atomic E-state index is 13.3. The van der Waals surface area contributed by atoms with Crippen molar-refractivity contribution in [3.05, 3.63) is 58.7 Å². The van der Waals surface area contributed by atoms with E-state index in [0.29, 0.717) is 42.4 Å². The zero-order valence-electron chi connectivity index (χ0n) is 23.1.